The molecular weight excluding hydrogens is 347 g/mol. The number of nitrogens with zero attached hydrogens (tertiary/aromatic N) is 3. The van der Waals surface area contributed by atoms with Gasteiger partial charge in [0.1, 0.15) is 5.82 Å². The van der Waals surface area contributed by atoms with Crippen molar-refractivity contribution in [1.82, 2.24) is 14.5 Å². The van der Waals surface area contributed by atoms with E-state index in [0.717, 1.165) is 6.20 Å². The first-order chi connectivity index (χ1) is 11.9. The maximum atomic E-state index is 12.7. The predicted octanol–water partition coefficient (Wildman–Crippen LogP) is 6.02. The zero-order valence-electron chi connectivity index (χ0n) is 14.8. The third kappa shape index (κ3) is 8.07. The minimum atomic E-state index is -4.45. The van der Waals surface area contributed by atoms with Crippen molar-refractivity contribution in [2.24, 2.45) is 0 Å². The van der Waals surface area contributed by atoms with Gasteiger partial charge in [0.05, 0.1) is 0 Å². The summed E-state index contributed by atoms with van der Waals surface area (Å²) in [6.45, 7) is 8.07. The van der Waals surface area contributed by atoms with E-state index in [9.17, 15) is 13.2 Å². The number of imidazole rings is 1. The molecule has 0 saturated heterocycles. The molecule has 7 heteroatoms. The zero-order valence-corrected chi connectivity index (χ0v) is 15.7. The Morgan fingerprint density at radius 1 is 1.20 bits per heavy atom. The Morgan fingerprint density at radius 2 is 1.84 bits per heavy atom. The van der Waals surface area contributed by atoms with Crippen molar-refractivity contribution in [1.29, 1.82) is 0 Å². The number of halogens is 3. The summed E-state index contributed by atoms with van der Waals surface area (Å²) in [4.78, 5) is 7.57. The quantitative estimate of drug-likeness (QED) is 0.528. The van der Waals surface area contributed by atoms with Crippen molar-refractivity contribution in [3.05, 3.63) is 60.1 Å². The summed E-state index contributed by atoms with van der Waals surface area (Å²) in [5.41, 5.74) is -0.335. The van der Waals surface area contributed by atoms with Crippen LogP contribution in [0.15, 0.2) is 54.4 Å². The van der Waals surface area contributed by atoms with Gasteiger partial charge < -0.3 is 4.57 Å². The Labute approximate surface area is 152 Å². The molecule has 0 aliphatic heterocycles. The topological polar surface area (TPSA) is 30.7 Å². The van der Waals surface area contributed by atoms with Gasteiger partial charge in [0.2, 0.25) is 0 Å². The van der Waals surface area contributed by atoms with Crippen LogP contribution in [0, 0.1) is 0 Å². The first-order valence-corrected chi connectivity index (χ1v) is 8.37. The summed E-state index contributed by atoms with van der Waals surface area (Å²) >= 11 is 3.74. The van der Waals surface area contributed by atoms with Crippen molar-refractivity contribution in [2.45, 2.75) is 40.4 Å². The lowest BCUT2D eigenvalue weighted by Gasteiger charge is -2.03. The number of thiol groups is 1. The monoisotopic (exact) mass is 371 g/mol. The fourth-order valence-corrected chi connectivity index (χ4v) is 1.64. The number of hydrogen-bond donors (Lipinski definition) is 1. The largest absolute Gasteiger partial charge is 0.434 e. The molecule has 0 radical (unpaired) electrons. The zero-order chi connectivity index (χ0) is 19.3. The average molecular weight is 371 g/mol. The molecule has 0 fully saturated rings. The number of pyridine rings is 1. The molecule has 0 amide bonds. The van der Waals surface area contributed by atoms with E-state index in [1.807, 2.05) is 33.8 Å². The highest BCUT2D eigenvalue weighted by Gasteiger charge is 2.34. The molecule has 0 atom stereocenters. The molecule has 0 aliphatic carbocycles. The van der Waals surface area contributed by atoms with Gasteiger partial charge in [-0.15, -0.1) is 0 Å². The van der Waals surface area contributed by atoms with Crippen LogP contribution in [0.2, 0.25) is 0 Å². The molecule has 0 bridgehead atoms. The lowest BCUT2D eigenvalue weighted by molar-refractivity contribution is -0.140. The molecule has 2 aromatic rings. The molecule has 0 N–H and O–H groups in total. The number of allylic oxidation sites excluding steroid dienone is 3. The van der Waals surface area contributed by atoms with Crippen LogP contribution >= 0.6 is 12.6 Å². The third-order valence-electron chi connectivity index (χ3n) is 2.67. The first kappa shape index (κ1) is 23.0. The SMILES string of the molecule is C/C=C/S.C/C=C\Cn1cc(C(F)(F)F)nc1-c1cccnc1.CC. The molecular formula is C18H24F3N3S. The summed E-state index contributed by atoms with van der Waals surface area (Å²) < 4.78 is 39.6. The van der Waals surface area contributed by atoms with Crippen molar-refractivity contribution in [2.75, 3.05) is 0 Å². The van der Waals surface area contributed by atoms with Gasteiger partial charge >= 0.3 is 6.18 Å². The van der Waals surface area contributed by atoms with Gasteiger partial charge in [0, 0.05) is 30.7 Å². The molecule has 0 saturated carbocycles. The molecule has 138 valence electrons. The summed E-state index contributed by atoms with van der Waals surface area (Å²) in [7, 11) is 0. The molecule has 25 heavy (non-hydrogen) atoms. The van der Waals surface area contributed by atoms with Gasteiger partial charge in [-0.3, -0.25) is 4.98 Å². The Bertz CT molecular complexity index is 643. The average Bonchev–Trinajstić information content (AvgIpc) is 3.07. The molecule has 2 rings (SSSR count). The number of aromatic nitrogens is 3. The third-order valence-corrected chi connectivity index (χ3v) is 2.97. The highest BCUT2D eigenvalue weighted by molar-refractivity contribution is 7.83. The van der Waals surface area contributed by atoms with Crippen molar-refractivity contribution in [3.8, 4) is 11.4 Å². The molecule has 0 aromatic carbocycles. The van der Waals surface area contributed by atoms with Gasteiger partial charge in [0.25, 0.3) is 0 Å². The second-order valence-electron chi connectivity index (χ2n) is 4.39. The Morgan fingerprint density at radius 3 is 2.28 bits per heavy atom. The van der Waals surface area contributed by atoms with Crippen LogP contribution in [0.5, 0.6) is 0 Å². The van der Waals surface area contributed by atoms with Gasteiger partial charge in [-0.05, 0) is 31.4 Å². The molecule has 2 heterocycles. The van der Waals surface area contributed by atoms with Crippen LogP contribution < -0.4 is 0 Å². The van der Waals surface area contributed by atoms with Crippen LogP contribution in [-0.2, 0) is 12.7 Å². The van der Waals surface area contributed by atoms with E-state index in [1.165, 1.54) is 10.8 Å². The van der Waals surface area contributed by atoms with E-state index < -0.39 is 11.9 Å². The van der Waals surface area contributed by atoms with Gasteiger partial charge in [-0.2, -0.15) is 25.8 Å². The van der Waals surface area contributed by atoms with E-state index >= 15 is 0 Å². The highest BCUT2D eigenvalue weighted by atomic mass is 32.1. The Balaban J connectivity index is 0.000000845. The second kappa shape index (κ2) is 12.4. The normalized spacial score (nSPS) is 11.0. The van der Waals surface area contributed by atoms with E-state index in [0.29, 0.717) is 12.1 Å². The van der Waals surface area contributed by atoms with E-state index in [-0.39, 0.29) is 5.82 Å². The molecule has 0 spiro atoms. The molecule has 2 aromatic heterocycles. The number of alkyl halides is 3. The predicted molar refractivity (Wildman–Crippen MR) is 100 cm³/mol. The maximum Gasteiger partial charge on any atom is 0.434 e. The summed E-state index contributed by atoms with van der Waals surface area (Å²) in [6.07, 6.45) is 5.04. The van der Waals surface area contributed by atoms with Crippen molar-refractivity contribution < 1.29 is 13.2 Å². The highest BCUT2D eigenvalue weighted by Crippen LogP contribution is 2.30. The van der Waals surface area contributed by atoms with Crippen molar-refractivity contribution in [3.63, 3.8) is 0 Å². The fraction of sp³-hybridized carbons (Fsp3) is 0.333. The molecule has 0 aliphatic rings. The van der Waals surface area contributed by atoms with Crippen LogP contribution in [0.3, 0.4) is 0 Å². The summed E-state index contributed by atoms with van der Waals surface area (Å²) in [5, 5.41) is 1.69. The maximum absolute atomic E-state index is 12.7. The Hall–Kier alpha value is -2.02. The van der Waals surface area contributed by atoms with Crippen LogP contribution in [0.4, 0.5) is 13.2 Å². The smallest absolute Gasteiger partial charge is 0.326 e. The van der Waals surface area contributed by atoms with Gasteiger partial charge in [-0.1, -0.05) is 32.1 Å². The number of hydrogen-bond acceptors (Lipinski definition) is 3. The fourth-order valence-electron chi connectivity index (χ4n) is 1.64. The van der Waals surface area contributed by atoms with Crippen LogP contribution in [0.25, 0.3) is 11.4 Å². The van der Waals surface area contributed by atoms with E-state index in [2.05, 4.69) is 22.6 Å². The summed E-state index contributed by atoms with van der Waals surface area (Å²) in [5.74, 6) is 0.263. The van der Waals surface area contributed by atoms with Crippen molar-refractivity contribution >= 4 is 12.6 Å². The minimum absolute atomic E-state index is 0.263. The Kier molecular flexibility index (Phi) is 11.4. The van der Waals surface area contributed by atoms with E-state index in [1.54, 1.807) is 35.9 Å². The van der Waals surface area contributed by atoms with E-state index in [4.69, 9.17) is 0 Å². The lowest BCUT2D eigenvalue weighted by atomic mass is 10.3. The van der Waals surface area contributed by atoms with Gasteiger partial charge in [0.15, 0.2) is 5.69 Å². The molecule has 3 nitrogen and oxygen atoms in total. The van der Waals surface area contributed by atoms with Crippen LogP contribution in [0.1, 0.15) is 33.4 Å². The standard InChI is InChI=1S/C13H12F3N3.C3H6S.C2H6/c1-2-3-7-19-9-11(13(14,15)16)18-12(19)10-5-4-6-17-8-10;1-2-3-4;1-2/h2-6,8-9H,7H2,1H3;2-4H,1H3;1-2H3/b3-2-;3-2+;. The second-order valence-corrected chi connectivity index (χ2v) is 4.69. The summed E-state index contributed by atoms with van der Waals surface area (Å²) in [6, 6.07) is 3.35. The minimum Gasteiger partial charge on any atom is -0.326 e. The lowest BCUT2D eigenvalue weighted by Crippen LogP contribution is -2.05. The first-order valence-electron chi connectivity index (χ1n) is 7.85. The number of rotatable bonds is 3. The van der Waals surface area contributed by atoms with Gasteiger partial charge in [-0.25, -0.2) is 4.98 Å². The molecule has 0 unspecified atom stereocenters. The van der Waals surface area contributed by atoms with Crippen LogP contribution in [-0.4, -0.2) is 14.5 Å².